The van der Waals surface area contributed by atoms with Crippen molar-refractivity contribution in [3.05, 3.63) is 28.1 Å². The average Bonchev–Trinajstić information content (AvgIpc) is 2.98. The molecule has 0 saturated heterocycles. The van der Waals surface area contributed by atoms with E-state index in [2.05, 4.69) is 5.32 Å². The first kappa shape index (κ1) is 20.0. The van der Waals surface area contributed by atoms with Gasteiger partial charge in [-0.05, 0) is 31.0 Å². The molecule has 1 fully saturated rings. The number of amides is 1. The summed E-state index contributed by atoms with van der Waals surface area (Å²) in [6.07, 6.45) is 7.96. The molecule has 1 aromatic carbocycles. The monoisotopic (exact) mass is 409 g/mol. The van der Waals surface area contributed by atoms with Gasteiger partial charge in [0.2, 0.25) is 0 Å². The molecule has 0 radical (unpaired) electrons. The van der Waals surface area contributed by atoms with E-state index in [0.717, 1.165) is 35.8 Å². The van der Waals surface area contributed by atoms with Crippen LogP contribution in [0.1, 0.15) is 54.6 Å². The molecule has 0 aliphatic heterocycles. The van der Waals surface area contributed by atoms with Gasteiger partial charge in [0, 0.05) is 16.1 Å². The van der Waals surface area contributed by atoms with Crippen molar-refractivity contribution >= 4 is 44.9 Å². The molecule has 5 nitrogen and oxygen atoms in total. The minimum absolute atomic E-state index is 0.178. The number of esters is 1. The van der Waals surface area contributed by atoms with E-state index in [1.165, 1.54) is 30.6 Å². The summed E-state index contributed by atoms with van der Waals surface area (Å²) >= 11 is 7.56. The van der Waals surface area contributed by atoms with Gasteiger partial charge in [-0.15, -0.1) is 11.3 Å². The molecular weight excluding hydrogens is 386 g/mol. The van der Waals surface area contributed by atoms with Crippen LogP contribution in [-0.2, 0) is 9.53 Å². The highest BCUT2D eigenvalue weighted by Crippen LogP contribution is 2.37. The van der Waals surface area contributed by atoms with Gasteiger partial charge in [0.05, 0.1) is 12.1 Å². The fourth-order valence-electron chi connectivity index (χ4n) is 3.37. The van der Waals surface area contributed by atoms with Crippen molar-refractivity contribution in [2.75, 3.05) is 13.7 Å². The van der Waals surface area contributed by atoms with Crippen molar-refractivity contribution in [2.45, 2.75) is 51.0 Å². The topological polar surface area (TPSA) is 64.6 Å². The number of methoxy groups -OCH3 is 1. The molecule has 1 aliphatic carbocycles. The number of halogens is 1. The number of nitrogens with one attached hydrogen (secondary N) is 1. The lowest BCUT2D eigenvalue weighted by Crippen LogP contribution is -2.38. The molecule has 0 atom stereocenters. The smallest absolute Gasteiger partial charge is 0.350 e. The van der Waals surface area contributed by atoms with E-state index in [-0.39, 0.29) is 18.6 Å². The Bertz CT molecular complexity index is 812. The Morgan fingerprint density at radius 2 is 1.89 bits per heavy atom. The maximum atomic E-state index is 12.4. The summed E-state index contributed by atoms with van der Waals surface area (Å²) in [6.45, 7) is -0.288. The Balaban J connectivity index is 1.57. The van der Waals surface area contributed by atoms with Gasteiger partial charge in [0.25, 0.3) is 5.91 Å². The van der Waals surface area contributed by atoms with Crippen LogP contribution in [0.2, 0.25) is 5.02 Å². The maximum Gasteiger partial charge on any atom is 0.350 e. The fraction of sp³-hybridized carbons (Fsp3) is 0.500. The van der Waals surface area contributed by atoms with E-state index in [9.17, 15) is 9.59 Å². The number of ether oxygens (including phenoxy) is 2. The Kier molecular flexibility index (Phi) is 6.96. The molecule has 1 saturated carbocycles. The number of hydrogen-bond acceptors (Lipinski definition) is 5. The molecule has 1 heterocycles. The minimum atomic E-state index is -0.576. The lowest BCUT2D eigenvalue weighted by molar-refractivity contribution is -0.125. The van der Waals surface area contributed by atoms with E-state index >= 15 is 0 Å². The third-order valence-electron chi connectivity index (χ3n) is 4.83. The molecule has 1 aromatic heterocycles. The largest absolute Gasteiger partial charge is 0.497 e. The van der Waals surface area contributed by atoms with Crippen LogP contribution in [-0.4, -0.2) is 31.6 Å². The first-order valence-electron chi connectivity index (χ1n) is 9.31. The van der Waals surface area contributed by atoms with Crippen LogP contribution in [0.15, 0.2) is 18.2 Å². The highest BCUT2D eigenvalue weighted by atomic mass is 35.5. The third-order valence-corrected chi connectivity index (χ3v) is 6.46. The van der Waals surface area contributed by atoms with Crippen molar-refractivity contribution in [3.63, 3.8) is 0 Å². The molecule has 1 N–H and O–H groups in total. The maximum absolute atomic E-state index is 12.4. The molecule has 1 amide bonds. The quantitative estimate of drug-likeness (QED) is 0.709. The van der Waals surface area contributed by atoms with E-state index in [1.807, 2.05) is 12.1 Å². The first-order chi connectivity index (χ1) is 13.1. The molecular formula is C20H24ClNO4S. The molecule has 3 rings (SSSR count). The highest BCUT2D eigenvalue weighted by Gasteiger charge is 2.21. The number of rotatable bonds is 5. The van der Waals surface area contributed by atoms with Crippen LogP contribution >= 0.6 is 22.9 Å². The summed E-state index contributed by atoms with van der Waals surface area (Å²) in [5.41, 5.74) is 0. The van der Waals surface area contributed by atoms with Crippen LogP contribution < -0.4 is 10.1 Å². The molecule has 0 spiro atoms. The van der Waals surface area contributed by atoms with Gasteiger partial charge in [-0.3, -0.25) is 4.79 Å². The average molecular weight is 410 g/mol. The minimum Gasteiger partial charge on any atom is -0.497 e. The Morgan fingerprint density at radius 1 is 1.19 bits per heavy atom. The first-order valence-corrected chi connectivity index (χ1v) is 10.5. The number of benzene rings is 1. The van der Waals surface area contributed by atoms with E-state index in [0.29, 0.717) is 15.6 Å². The normalized spacial score (nSPS) is 15.8. The highest BCUT2D eigenvalue weighted by molar-refractivity contribution is 7.21. The number of hydrogen-bond donors (Lipinski definition) is 1. The Morgan fingerprint density at radius 3 is 2.59 bits per heavy atom. The second-order valence-corrected chi connectivity index (χ2v) is 8.22. The molecule has 146 valence electrons. The van der Waals surface area contributed by atoms with Crippen molar-refractivity contribution in [3.8, 4) is 5.75 Å². The van der Waals surface area contributed by atoms with Gasteiger partial charge in [-0.25, -0.2) is 4.79 Å². The van der Waals surface area contributed by atoms with E-state index < -0.39 is 5.97 Å². The van der Waals surface area contributed by atoms with Crippen molar-refractivity contribution in [2.24, 2.45) is 0 Å². The van der Waals surface area contributed by atoms with Crippen LogP contribution in [0.3, 0.4) is 0 Å². The second kappa shape index (κ2) is 9.42. The predicted molar refractivity (Wildman–Crippen MR) is 108 cm³/mol. The van der Waals surface area contributed by atoms with Crippen LogP contribution in [0.5, 0.6) is 5.75 Å². The number of carbonyl (C=O) groups is 2. The Hall–Kier alpha value is -1.79. The lowest BCUT2D eigenvalue weighted by atomic mass is 9.97. The second-order valence-electron chi connectivity index (χ2n) is 6.79. The SMILES string of the molecule is COc1ccc2c(Cl)c(C(=O)OCC(=O)NC3CCCCCCC3)sc2c1. The molecule has 2 aromatic rings. The zero-order valence-electron chi connectivity index (χ0n) is 15.4. The van der Waals surface area contributed by atoms with Crippen LogP contribution in [0, 0.1) is 0 Å². The predicted octanol–water partition coefficient (Wildman–Crippen LogP) is 4.95. The van der Waals surface area contributed by atoms with Gasteiger partial charge in [-0.1, -0.05) is 43.7 Å². The molecule has 0 unspecified atom stereocenters. The van der Waals surface area contributed by atoms with E-state index in [4.69, 9.17) is 21.1 Å². The van der Waals surface area contributed by atoms with Crippen molar-refractivity contribution in [1.29, 1.82) is 0 Å². The summed E-state index contributed by atoms with van der Waals surface area (Å²) in [7, 11) is 1.58. The van der Waals surface area contributed by atoms with Gasteiger partial charge >= 0.3 is 5.97 Å². The van der Waals surface area contributed by atoms with Crippen molar-refractivity contribution < 1.29 is 19.1 Å². The lowest BCUT2D eigenvalue weighted by Gasteiger charge is -2.20. The van der Waals surface area contributed by atoms with E-state index in [1.54, 1.807) is 13.2 Å². The third kappa shape index (κ3) is 5.14. The summed E-state index contributed by atoms with van der Waals surface area (Å²) in [4.78, 5) is 24.8. The van der Waals surface area contributed by atoms with Gasteiger partial charge in [0.1, 0.15) is 10.6 Å². The summed E-state index contributed by atoms with van der Waals surface area (Å²) < 4.78 is 11.2. The van der Waals surface area contributed by atoms with Gasteiger partial charge in [-0.2, -0.15) is 0 Å². The number of fused-ring (bicyclic) bond motifs is 1. The molecule has 1 aliphatic rings. The molecule has 0 bridgehead atoms. The zero-order chi connectivity index (χ0) is 19.2. The van der Waals surface area contributed by atoms with Gasteiger partial charge < -0.3 is 14.8 Å². The number of carbonyl (C=O) groups excluding carboxylic acids is 2. The number of thiophene rings is 1. The molecule has 27 heavy (non-hydrogen) atoms. The summed E-state index contributed by atoms with van der Waals surface area (Å²) in [5, 5.41) is 4.11. The summed E-state index contributed by atoms with van der Waals surface area (Å²) in [6, 6.07) is 5.60. The van der Waals surface area contributed by atoms with Crippen LogP contribution in [0.25, 0.3) is 10.1 Å². The summed E-state index contributed by atoms with van der Waals surface area (Å²) in [5.74, 6) is -0.139. The zero-order valence-corrected chi connectivity index (χ0v) is 17.0. The molecule has 7 heteroatoms. The van der Waals surface area contributed by atoms with Crippen molar-refractivity contribution in [1.82, 2.24) is 5.32 Å². The fourth-order valence-corrected chi connectivity index (χ4v) is 4.80. The van der Waals surface area contributed by atoms with Crippen LogP contribution in [0.4, 0.5) is 0 Å². The Labute approximate surface area is 168 Å². The standard InChI is InChI=1S/C20H24ClNO4S/c1-25-14-9-10-15-16(11-14)27-19(18(15)21)20(24)26-12-17(23)22-13-7-5-3-2-4-6-8-13/h9-11,13H,2-8,12H2,1H3,(H,22,23). The van der Waals surface area contributed by atoms with Gasteiger partial charge in [0.15, 0.2) is 6.61 Å².